The molecule has 4 N–H and O–H groups in total. The summed E-state index contributed by atoms with van der Waals surface area (Å²) in [6.45, 7) is 5.86. The normalized spacial score (nSPS) is 18.2. The SMILES string of the molecule is C=C([C@H]1CC[C@H](NN)CC1)n1cc2c(nc1=O)Nc1c(OCCCOCc3ccccc3)cccc1O2. The van der Waals surface area contributed by atoms with Crippen molar-refractivity contribution in [1.29, 1.82) is 0 Å². The Labute approximate surface area is 216 Å². The summed E-state index contributed by atoms with van der Waals surface area (Å²) in [4.78, 5) is 17.1. The van der Waals surface area contributed by atoms with Gasteiger partial charge >= 0.3 is 5.69 Å². The number of fused-ring (bicyclic) bond motifs is 2. The number of nitrogens with two attached hydrogens (primary N) is 1. The summed E-state index contributed by atoms with van der Waals surface area (Å²) in [5.74, 6) is 7.84. The number of hydrazine groups is 1. The van der Waals surface area contributed by atoms with E-state index in [1.807, 2.05) is 48.5 Å². The summed E-state index contributed by atoms with van der Waals surface area (Å²) in [5.41, 5.74) is 4.98. The van der Waals surface area contributed by atoms with Crippen molar-refractivity contribution in [2.75, 3.05) is 18.5 Å². The minimum absolute atomic E-state index is 0.197. The van der Waals surface area contributed by atoms with Gasteiger partial charge in [0, 0.05) is 18.2 Å². The number of hydrogen-bond acceptors (Lipinski definition) is 8. The number of para-hydroxylation sites is 1. The highest BCUT2D eigenvalue weighted by atomic mass is 16.5. The highest BCUT2D eigenvalue weighted by Crippen LogP contribution is 2.45. The van der Waals surface area contributed by atoms with Gasteiger partial charge in [-0.15, -0.1) is 0 Å². The molecule has 194 valence electrons. The highest BCUT2D eigenvalue weighted by molar-refractivity contribution is 5.77. The number of anilines is 2. The van der Waals surface area contributed by atoms with Gasteiger partial charge in [-0.25, -0.2) is 4.79 Å². The summed E-state index contributed by atoms with van der Waals surface area (Å²) >= 11 is 0. The Balaban J connectivity index is 1.20. The van der Waals surface area contributed by atoms with Gasteiger partial charge in [-0.2, -0.15) is 4.98 Å². The predicted molar refractivity (Wildman–Crippen MR) is 143 cm³/mol. The van der Waals surface area contributed by atoms with E-state index in [-0.39, 0.29) is 5.92 Å². The van der Waals surface area contributed by atoms with Crippen LogP contribution in [0, 0.1) is 5.92 Å². The third-order valence-electron chi connectivity index (χ3n) is 6.89. The Bertz CT molecular complexity index is 1290. The van der Waals surface area contributed by atoms with Crippen molar-refractivity contribution in [3.63, 3.8) is 0 Å². The zero-order valence-electron chi connectivity index (χ0n) is 20.8. The first-order valence-corrected chi connectivity index (χ1v) is 12.7. The first-order chi connectivity index (χ1) is 18.1. The molecule has 0 amide bonds. The fourth-order valence-electron chi connectivity index (χ4n) is 4.78. The van der Waals surface area contributed by atoms with Gasteiger partial charge in [-0.3, -0.25) is 15.8 Å². The van der Waals surface area contributed by atoms with Crippen molar-refractivity contribution >= 4 is 17.2 Å². The lowest BCUT2D eigenvalue weighted by Gasteiger charge is -2.30. The Hall–Kier alpha value is -3.66. The van der Waals surface area contributed by atoms with Gasteiger partial charge in [-0.1, -0.05) is 43.0 Å². The molecule has 5 rings (SSSR count). The first kappa shape index (κ1) is 25.0. The van der Waals surface area contributed by atoms with E-state index in [0.29, 0.717) is 54.6 Å². The highest BCUT2D eigenvalue weighted by Gasteiger charge is 2.27. The monoisotopic (exact) mass is 503 g/mol. The van der Waals surface area contributed by atoms with Crippen LogP contribution in [-0.2, 0) is 11.3 Å². The zero-order valence-corrected chi connectivity index (χ0v) is 20.8. The Morgan fingerprint density at radius 2 is 1.92 bits per heavy atom. The molecule has 3 aromatic rings. The Morgan fingerprint density at radius 3 is 2.70 bits per heavy atom. The third-order valence-corrected chi connectivity index (χ3v) is 6.89. The number of allylic oxidation sites excluding steroid dienone is 1. The largest absolute Gasteiger partial charge is 0.491 e. The number of ether oxygens (including phenoxy) is 3. The fraction of sp³-hybridized carbons (Fsp3) is 0.357. The molecular formula is C28H33N5O4. The molecule has 2 heterocycles. The second-order valence-corrected chi connectivity index (χ2v) is 9.41. The standard InChI is InChI=1S/C28H33N5O4/c1-19(21-11-13-22(32-29)14-12-21)33-17-25-27(31-28(33)34)30-26-23(9-5-10-24(26)37-25)36-16-6-15-35-18-20-7-3-2-4-8-20/h2-5,7-10,17,21-22,32H,1,6,11-16,18,29H2,(H,30,31,34)/t21-,22-. The summed E-state index contributed by atoms with van der Waals surface area (Å²) in [5, 5.41) is 3.23. The molecule has 0 bridgehead atoms. The molecule has 0 radical (unpaired) electrons. The number of hydrogen-bond donors (Lipinski definition) is 3. The number of nitrogens with zero attached hydrogens (tertiary/aromatic N) is 2. The predicted octanol–water partition coefficient (Wildman–Crippen LogP) is 4.57. The van der Waals surface area contributed by atoms with Gasteiger partial charge in [0.1, 0.15) is 11.4 Å². The van der Waals surface area contributed by atoms with E-state index < -0.39 is 5.69 Å². The molecule has 9 nitrogen and oxygen atoms in total. The van der Waals surface area contributed by atoms with Gasteiger partial charge in [-0.05, 0) is 49.3 Å². The van der Waals surface area contributed by atoms with Gasteiger partial charge in [0.2, 0.25) is 0 Å². The van der Waals surface area contributed by atoms with Crippen molar-refractivity contribution in [1.82, 2.24) is 15.0 Å². The molecular weight excluding hydrogens is 470 g/mol. The molecule has 1 aliphatic carbocycles. The quantitative estimate of drug-likeness (QED) is 0.164. The first-order valence-electron chi connectivity index (χ1n) is 12.7. The molecule has 0 unspecified atom stereocenters. The summed E-state index contributed by atoms with van der Waals surface area (Å²) < 4.78 is 19.4. The maximum Gasteiger partial charge on any atom is 0.354 e. The number of rotatable bonds is 10. The van der Waals surface area contributed by atoms with Crippen molar-refractivity contribution in [3.8, 4) is 17.2 Å². The van der Waals surface area contributed by atoms with Crippen molar-refractivity contribution < 1.29 is 14.2 Å². The second kappa shape index (κ2) is 11.6. The Kier molecular flexibility index (Phi) is 7.84. The van der Waals surface area contributed by atoms with Crippen LogP contribution in [0.4, 0.5) is 11.5 Å². The average molecular weight is 504 g/mol. The maximum atomic E-state index is 12.9. The minimum Gasteiger partial charge on any atom is -0.491 e. The van der Waals surface area contributed by atoms with Crippen molar-refractivity contribution in [3.05, 3.63) is 77.4 Å². The summed E-state index contributed by atoms with van der Waals surface area (Å²) in [6.07, 6.45) is 6.13. The van der Waals surface area contributed by atoms with Crippen LogP contribution in [0.5, 0.6) is 17.2 Å². The summed E-state index contributed by atoms with van der Waals surface area (Å²) in [6, 6.07) is 16.0. The van der Waals surface area contributed by atoms with E-state index in [0.717, 1.165) is 43.4 Å². The average Bonchev–Trinajstić information content (AvgIpc) is 2.94. The van der Waals surface area contributed by atoms with Gasteiger partial charge in [0.05, 0.1) is 26.0 Å². The van der Waals surface area contributed by atoms with Crippen LogP contribution in [0.2, 0.25) is 0 Å². The van der Waals surface area contributed by atoms with Crippen LogP contribution in [0.25, 0.3) is 5.70 Å². The molecule has 1 saturated carbocycles. The van der Waals surface area contributed by atoms with E-state index in [9.17, 15) is 4.79 Å². The molecule has 1 fully saturated rings. The van der Waals surface area contributed by atoms with Crippen molar-refractivity contribution in [2.45, 2.75) is 44.8 Å². The van der Waals surface area contributed by atoms with E-state index in [1.165, 1.54) is 4.57 Å². The van der Waals surface area contributed by atoms with E-state index in [4.69, 9.17) is 20.1 Å². The maximum absolute atomic E-state index is 12.9. The molecule has 1 aliphatic heterocycles. The molecule has 2 aromatic carbocycles. The third kappa shape index (κ3) is 5.85. The van der Waals surface area contributed by atoms with E-state index in [2.05, 4.69) is 22.3 Å². The minimum atomic E-state index is -0.392. The molecule has 0 atom stereocenters. The van der Waals surface area contributed by atoms with Crippen LogP contribution in [0.3, 0.4) is 0 Å². The van der Waals surface area contributed by atoms with Crippen molar-refractivity contribution in [2.24, 2.45) is 11.8 Å². The lowest BCUT2D eigenvalue weighted by Crippen LogP contribution is -2.38. The number of nitrogens with one attached hydrogen (secondary N) is 2. The lowest BCUT2D eigenvalue weighted by atomic mass is 9.84. The molecule has 0 spiro atoms. The number of benzene rings is 2. The lowest BCUT2D eigenvalue weighted by molar-refractivity contribution is 0.107. The van der Waals surface area contributed by atoms with Crippen LogP contribution < -0.4 is 31.7 Å². The van der Waals surface area contributed by atoms with Gasteiger partial charge in [0.25, 0.3) is 0 Å². The van der Waals surface area contributed by atoms with Crippen LogP contribution in [-0.4, -0.2) is 28.8 Å². The zero-order chi connectivity index (χ0) is 25.6. The molecule has 37 heavy (non-hydrogen) atoms. The van der Waals surface area contributed by atoms with Gasteiger partial charge < -0.3 is 19.5 Å². The molecule has 9 heteroatoms. The van der Waals surface area contributed by atoms with Crippen LogP contribution in [0.15, 0.2) is 66.1 Å². The second-order valence-electron chi connectivity index (χ2n) is 9.41. The molecule has 1 aromatic heterocycles. The summed E-state index contributed by atoms with van der Waals surface area (Å²) in [7, 11) is 0. The smallest absolute Gasteiger partial charge is 0.354 e. The molecule has 2 aliphatic rings. The van der Waals surface area contributed by atoms with E-state index in [1.54, 1.807) is 6.20 Å². The van der Waals surface area contributed by atoms with Crippen LogP contribution in [0.1, 0.15) is 37.7 Å². The van der Waals surface area contributed by atoms with E-state index >= 15 is 0 Å². The fourth-order valence-corrected chi connectivity index (χ4v) is 4.78. The molecule has 0 saturated heterocycles. The number of aromatic nitrogens is 2. The Morgan fingerprint density at radius 1 is 1.11 bits per heavy atom. The van der Waals surface area contributed by atoms with Crippen LogP contribution >= 0.6 is 0 Å². The topological polar surface area (TPSA) is 113 Å². The van der Waals surface area contributed by atoms with Gasteiger partial charge in [0.15, 0.2) is 17.3 Å².